The molecular weight excluding hydrogens is 276 g/mol. The Morgan fingerprint density at radius 2 is 1.85 bits per heavy atom. The van der Waals surface area contributed by atoms with Gasteiger partial charge in [0.15, 0.2) is 9.84 Å². The summed E-state index contributed by atoms with van der Waals surface area (Å²) in [4.78, 5) is 0. The van der Waals surface area contributed by atoms with Crippen LogP contribution in [-0.2, 0) is 15.4 Å². The molecule has 110 valence electrons. The van der Waals surface area contributed by atoms with Gasteiger partial charge in [-0.2, -0.15) is 0 Å². The highest BCUT2D eigenvalue weighted by Crippen LogP contribution is 2.43. The molecule has 0 aromatic heterocycles. The lowest BCUT2D eigenvalue weighted by Gasteiger charge is -2.29. The van der Waals surface area contributed by atoms with E-state index >= 15 is 0 Å². The summed E-state index contributed by atoms with van der Waals surface area (Å²) in [5.74, 6) is 0.786. The van der Waals surface area contributed by atoms with Crippen LogP contribution in [-0.4, -0.2) is 31.1 Å². The van der Waals surface area contributed by atoms with E-state index in [1.54, 1.807) is 12.1 Å². The van der Waals surface area contributed by atoms with Crippen molar-refractivity contribution in [1.82, 2.24) is 0 Å². The summed E-state index contributed by atoms with van der Waals surface area (Å²) in [5, 5.41) is 10.1. The van der Waals surface area contributed by atoms with Gasteiger partial charge in [0.2, 0.25) is 0 Å². The van der Waals surface area contributed by atoms with Gasteiger partial charge < -0.3 is 9.84 Å². The van der Waals surface area contributed by atoms with Gasteiger partial charge in [0, 0.05) is 6.26 Å². The summed E-state index contributed by atoms with van der Waals surface area (Å²) >= 11 is 0. The maximum Gasteiger partial charge on any atom is 0.153 e. The molecular formula is C15H20O4S. The van der Waals surface area contributed by atoms with Gasteiger partial charge in [-0.1, -0.05) is 12.1 Å². The zero-order valence-electron chi connectivity index (χ0n) is 11.6. The standard InChI is InChI=1S/C15H20O4S/c1-20(17,18)14-3-2-10-15(14,16)11-4-6-12(7-5-11)19-13-8-9-13/h4-7,13-14,16H,2-3,8-10H2,1H3. The van der Waals surface area contributed by atoms with Crippen molar-refractivity contribution in [3.05, 3.63) is 29.8 Å². The fourth-order valence-corrected chi connectivity index (χ4v) is 4.61. The molecule has 20 heavy (non-hydrogen) atoms. The van der Waals surface area contributed by atoms with E-state index in [1.807, 2.05) is 12.1 Å². The SMILES string of the molecule is CS(=O)(=O)C1CCCC1(O)c1ccc(OC2CC2)cc1. The van der Waals surface area contributed by atoms with Crippen LogP contribution in [0, 0.1) is 0 Å². The van der Waals surface area contributed by atoms with E-state index in [0.717, 1.165) is 25.0 Å². The maximum atomic E-state index is 11.9. The maximum absolute atomic E-state index is 11.9. The molecule has 2 fully saturated rings. The fourth-order valence-electron chi connectivity index (χ4n) is 3.06. The van der Waals surface area contributed by atoms with Crippen molar-refractivity contribution in [2.24, 2.45) is 0 Å². The molecule has 1 aromatic carbocycles. The summed E-state index contributed by atoms with van der Waals surface area (Å²) in [7, 11) is -3.26. The molecule has 2 aliphatic carbocycles. The second-order valence-electron chi connectivity index (χ2n) is 5.98. The monoisotopic (exact) mass is 296 g/mol. The predicted molar refractivity (Wildman–Crippen MR) is 76.5 cm³/mol. The Hall–Kier alpha value is -1.07. The van der Waals surface area contributed by atoms with Gasteiger partial charge in [0.1, 0.15) is 11.4 Å². The molecule has 2 aliphatic rings. The van der Waals surface area contributed by atoms with E-state index in [1.165, 1.54) is 6.26 Å². The van der Waals surface area contributed by atoms with Crippen LogP contribution in [0.1, 0.15) is 37.7 Å². The summed E-state index contributed by atoms with van der Waals surface area (Å²) in [6.45, 7) is 0. The first-order chi connectivity index (χ1) is 9.39. The molecule has 3 rings (SSSR count). The Morgan fingerprint density at radius 3 is 2.40 bits per heavy atom. The number of aliphatic hydroxyl groups is 1. The number of rotatable bonds is 4. The van der Waals surface area contributed by atoms with Crippen molar-refractivity contribution in [2.45, 2.75) is 49.1 Å². The first kappa shape index (κ1) is 13.9. The van der Waals surface area contributed by atoms with Gasteiger partial charge in [-0.25, -0.2) is 8.42 Å². The molecule has 0 saturated heterocycles. The molecule has 0 radical (unpaired) electrons. The van der Waals surface area contributed by atoms with Crippen LogP contribution in [0.25, 0.3) is 0 Å². The smallest absolute Gasteiger partial charge is 0.153 e. The molecule has 0 heterocycles. The minimum Gasteiger partial charge on any atom is -0.490 e. The zero-order chi connectivity index (χ0) is 14.4. The van der Waals surface area contributed by atoms with Gasteiger partial charge in [0.05, 0.1) is 11.4 Å². The molecule has 1 aromatic rings. The average Bonchev–Trinajstić information content (AvgIpc) is 3.09. The quantitative estimate of drug-likeness (QED) is 0.923. The van der Waals surface area contributed by atoms with Crippen LogP contribution >= 0.6 is 0 Å². The van der Waals surface area contributed by atoms with E-state index in [4.69, 9.17) is 4.74 Å². The molecule has 0 aliphatic heterocycles. The van der Waals surface area contributed by atoms with Crippen molar-refractivity contribution in [3.8, 4) is 5.75 Å². The Labute approximate surface area is 119 Å². The lowest BCUT2D eigenvalue weighted by Crippen LogP contribution is -2.39. The number of benzene rings is 1. The van der Waals surface area contributed by atoms with E-state index in [9.17, 15) is 13.5 Å². The largest absolute Gasteiger partial charge is 0.490 e. The van der Waals surface area contributed by atoms with Gasteiger partial charge in [-0.3, -0.25) is 0 Å². The topological polar surface area (TPSA) is 63.6 Å². The van der Waals surface area contributed by atoms with Crippen LogP contribution in [0.15, 0.2) is 24.3 Å². The first-order valence-electron chi connectivity index (χ1n) is 7.08. The Bertz CT molecular complexity index is 589. The van der Waals surface area contributed by atoms with Gasteiger partial charge in [-0.15, -0.1) is 0 Å². The van der Waals surface area contributed by atoms with Crippen molar-refractivity contribution in [1.29, 1.82) is 0 Å². The minimum absolute atomic E-state index is 0.333. The molecule has 5 heteroatoms. The van der Waals surface area contributed by atoms with Crippen molar-refractivity contribution in [2.75, 3.05) is 6.26 Å². The second-order valence-corrected chi connectivity index (χ2v) is 8.20. The Balaban J connectivity index is 1.86. The summed E-state index contributed by atoms with van der Waals surface area (Å²) in [6.07, 6.45) is 5.49. The lowest BCUT2D eigenvalue weighted by atomic mass is 9.92. The van der Waals surface area contributed by atoms with Crippen LogP contribution in [0.3, 0.4) is 0 Å². The number of sulfone groups is 1. The van der Waals surface area contributed by atoms with Gasteiger partial charge in [-0.05, 0) is 49.8 Å². The van der Waals surface area contributed by atoms with Crippen LogP contribution in [0.2, 0.25) is 0 Å². The molecule has 0 amide bonds. The molecule has 1 N–H and O–H groups in total. The van der Waals surface area contributed by atoms with Crippen molar-refractivity contribution >= 4 is 9.84 Å². The number of hydrogen-bond donors (Lipinski definition) is 1. The lowest BCUT2D eigenvalue weighted by molar-refractivity contribution is 0.0476. The number of ether oxygens (including phenoxy) is 1. The van der Waals surface area contributed by atoms with Gasteiger partial charge >= 0.3 is 0 Å². The zero-order valence-corrected chi connectivity index (χ0v) is 12.4. The summed E-state index contributed by atoms with van der Waals surface area (Å²) in [5.41, 5.74) is -0.584. The van der Waals surface area contributed by atoms with E-state index in [2.05, 4.69) is 0 Å². The average molecular weight is 296 g/mol. The van der Waals surface area contributed by atoms with E-state index in [-0.39, 0.29) is 0 Å². The van der Waals surface area contributed by atoms with Crippen LogP contribution < -0.4 is 4.74 Å². The van der Waals surface area contributed by atoms with E-state index in [0.29, 0.717) is 24.5 Å². The Morgan fingerprint density at radius 1 is 1.20 bits per heavy atom. The highest BCUT2D eigenvalue weighted by molar-refractivity contribution is 7.91. The van der Waals surface area contributed by atoms with Crippen LogP contribution in [0.4, 0.5) is 0 Å². The third-order valence-electron chi connectivity index (χ3n) is 4.26. The van der Waals surface area contributed by atoms with Gasteiger partial charge in [0.25, 0.3) is 0 Å². The highest BCUT2D eigenvalue weighted by atomic mass is 32.2. The third-order valence-corrected chi connectivity index (χ3v) is 5.91. The predicted octanol–water partition coefficient (Wildman–Crippen LogP) is 2.01. The van der Waals surface area contributed by atoms with E-state index < -0.39 is 20.7 Å². The third kappa shape index (κ3) is 2.56. The van der Waals surface area contributed by atoms with Crippen molar-refractivity contribution < 1.29 is 18.3 Å². The first-order valence-corrected chi connectivity index (χ1v) is 9.03. The van der Waals surface area contributed by atoms with Crippen LogP contribution in [0.5, 0.6) is 5.75 Å². The molecule has 0 bridgehead atoms. The molecule has 0 spiro atoms. The number of hydrogen-bond acceptors (Lipinski definition) is 4. The molecule has 2 unspecified atom stereocenters. The molecule has 4 nitrogen and oxygen atoms in total. The molecule has 2 saturated carbocycles. The summed E-state index contributed by atoms with van der Waals surface area (Å²) in [6, 6.07) is 7.23. The molecule has 2 atom stereocenters. The second kappa shape index (κ2) is 4.74. The van der Waals surface area contributed by atoms with Crippen molar-refractivity contribution in [3.63, 3.8) is 0 Å². The minimum atomic E-state index is -3.26. The normalized spacial score (nSPS) is 30.4. The highest BCUT2D eigenvalue weighted by Gasteiger charge is 2.47. The Kier molecular flexibility index (Phi) is 3.29. The summed E-state index contributed by atoms with van der Waals surface area (Å²) < 4.78 is 29.4. The fraction of sp³-hybridized carbons (Fsp3) is 0.600.